The lowest BCUT2D eigenvalue weighted by atomic mass is 10.2. The first-order valence-electron chi connectivity index (χ1n) is 5.29. The fraction of sp³-hybridized carbons (Fsp3) is 0.167. The van der Waals surface area contributed by atoms with E-state index in [1.165, 1.54) is 11.3 Å². The molecule has 0 aliphatic carbocycles. The molecular weight excluding hydrogens is 250 g/mol. The minimum Gasteiger partial charge on any atom is -0.495 e. The van der Waals surface area contributed by atoms with E-state index in [0.29, 0.717) is 23.7 Å². The lowest BCUT2D eigenvalue weighted by Crippen LogP contribution is -2.23. The smallest absolute Gasteiger partial charge is 0.271 e. The Morgan fingerprint density at radius 3 is 3.00 bits per heavy atom. The normalized spacial score (nSPS) is 10.1. The molecule has 0 aliphatic rings. The summed E-state index contributed by atoms with van der Waals surface area (Å²) in [7, 11) is 1.56. The van der Waals surface area contributed by atoms with Crippen molar-refractivity contribution in [3.05, 3.63) is 40.3 Å². The van der Waals surface area contributed by atoms with Gasteiger partial charge < -0.3 is 15.8 Å². The van der Waals surface area contributed by atoms with Gasteiger partial charge in [0.1, 0.15) is 11.4 Å². The molecule has 0 saturated carbocycles. The molecule has 0 spiro atoms. The van der Waals surface area contributed by atoms with Gasteiger partial charge in [-0.2, -0.15) is 0 Å². The van der Waals surface area contributed by atoms with Crippen LogP contribution in [0.1, 0.15) is 16.1 Å². The topological polar surface area (TPSA) is 77.2 Å². The fourth-order valence-corrected chi connectivity index (χ4v) is 2.02. The molecule has 5 nitrogen and oxygen atoms in total. The largest absolute Gasteiger partial charge is 0.495 e. The number of ether oxygens (including phenoxy) is 1. The number of methoxy groups -OCH3 is 1. The quantitative estimate of drug-likeness (QED) is 0.822. The van der Waals surface area contributed by atoms with Crippen molar-refractivity contribution in [1.82, 2.24) is 10.3 Å². The Morgan fingerprint density at radius 2 is 2.39 bits per heavy atom. The summed E-state index contributed by atoms with van der Waals surface area (Å²) in [5, 5.41) is 4.48. The van der Waals surface area contributed by atoms with Crippen molar-refractivity contribution in [1.29, 1.82) is 0 Å². The highest BCUT2D eigenvalue weighted by molar-refractivity contribution is 7.07. The summed E-state index contributed by atoms with van der Waals surface area (Å²) in [6, 6.07) is 5.41. The summed E-state index contributed by atoms with van der Waals surface area (Å²) < 4.78 is 5.06. The number of amides is 1. The molecule has 0 bridgehead atoms. The van der Waals surface area contributed by atoms with Crippen molar-refractivity contribution in [2.24, 2.45) is 0 Å². The van der Waals surface area contributed by atoms with E-state index in [-0.39, 0.29) is 5.91 Å². The summed E-state index contributed by atoms with van der Waals surface area (Å²) in [4.78, 5) is 15.6. The van der Waals surface area contributed by atoms with E-state index in [1.807, 2.05) is 6.07 Å². The van der Waals surface area contributed by atoms with Gasteiger partial charge >= 0.3 is 0 Å². The summed E-state index contributed by atoms with van der Waals surface area (Å²) >= 11 is 1.39. The number of hydrogen-bond donors (Lipinski definition) is 2. The Morgan fingerprint density at radius 1 is 1.56 bits per heavy atom. The highest BCUT2D eigenvalue weighted by Crippen LogP contribution is 2.21. The molecular formula is C12H13N3O2S. The van der Waals surface area contributed by atoms with Gasteiger partial charge in [0, 0.05) is 11.9 Å². The fourth-order valence-electron chi connectivity index (χ4n) is 1.49. The number of aromatic nitrogens is 1. The Kier molecular flexibility index (Phi) is 3.78. The first-order valence-corrected chi connectivity index (χ1v) is 6.24. The SMILES string of the molecule is COc1ccc(CNC(=O)c2cscn2)cc1N. The second-order valence-corrected chi connectivity index (χ2v) is 4.35. The van der Waals surface area contributed by atoms with Gasteiger partial charge in [-0.3, -0.25) is 4.79 Å². The van der Waals surface area contributed by atoms with Gasteiger partial charge in [-0.05, 0) is 17.7 Å². The molecule has 2 rings (SSSR count). The number of hydrogen-bond acceptors (Lipinski definition) is 5. The average Bonchev–Trinajstić information content (AvgIpc) is 2.90. The second-order valence-electron chi connectivity index (χ2n) is 3.63. The van der Waals surface area contributed by atoms with Crippen LogP contribution in [0.15, 0.2) is 29.1 Å². The van der Waals surface area contributed by atoms with E-state index in [1.54, 1.807) is 30.1 Å². The minimum absolute atomic E-state index is 0.189. The number of thiazole rings is 1. The predicted octanol–water partition coefficient (Wildman–Crippen LogP) is 1.66. The van der Waals surface area contributed by atoms with E-state index in [9.17, 15) is 4.79 Å². The number of carbonyl (C=O) groups excluding carboxylic acids is 1. The molecule has 1 aromatic carbocycles. The highest BCUT2D eigenvalue weighted by atomic mass is 32.1. The Labute approximate surface area is 109 Å². The number of nitrogens with one attached hydrogen (secondary N) is 1. The van der Waals surface area contributed by atoms with Crippen molar-refractivity contribution < 1.29 is 9.53 Å². The predicted molar refractivity (Wildman–Crippen MR) is 70.7 cm³/mol. The van der Waals surface area contributed by atoms with Crippen molar-refractivity contribution >= 4 is 22.9 Å². The Bertz CT molecular complexity index is 540. The zero-order valence-corrected chi connectivity index (χ0v) is 10.7. The van der Waals surface area contributed by atoms with Gasteiger partial charge in [0.05, 0.1) is 18.3 Å². The van der Waals surface area contributed by atoms with Crippen LogP contribution >= 0.6 is 11.3 Å². The third-order valence-corrected chi connectivity index (χ3v) is 3.00. The lowest BCUT2D eigenvalue weighted by Gasteiger charge is -2.07. The van der Waals surface area contributed by atoms with E-state index in [2.05, 4.69) is 10.3 Å². The molecule has 0 saturated heterocycles. The molecule has 2 aromatic rings. The second kappa shape index (κ2) is 5.50. The van der Waals surface area contributed by atoms with Crippen LogP contribution in [-0.4, -0.2) is 18.0 Å². The van der Waals surface area contributed by atoms with Crippen LogP contribution in [0.3, 0.4) is 0 Å². The van der Waals surface area contributed by atoms with Crippen LogP contribution in [0.2, 0.25) is 0 Å². The van der Waals surface area contributed by atoms with Crippen LogP contribution in [0, 0.1) is 0 Å². The van der Waals surface area contributed by atoms with Gasteiger partial charge in [0.15, 0.2) is 0 Å². The number of anilines is 1. The third-order valence-electron chi connectivity index (χ3n) is 2.41. The number of benzene rings is 1. The molecule has 0 aliphatic heterocycles. The monoisotopic (exact) mass is 263 g/mol. The maximum absolute atomic E-state index is 11.7. The molecule has 18 heavy (non-hydrogen) atoms. The van der Waals surface area contributed by atoms with E-state index < -0.39 is 0 Å². The first kappa shape index (κ1) is 12.4. The molecule has 0 radical (unpaired) electrons. The number of nitrogens with zero attached hydrogens (tertiary/aromatic N) is 1. The van der Waals surface area contributed by atoms with Crippen molar-refractivity contribution in [3.8, 4) is 5.75 Å². The lowest BCUT2D eigenvalue weighted by molar-refractivity contribution is 0.0946. The Hall–Kier alpha value is -2.08. The van der Waals surface area contributed by atoms with Crippen molar-refractivity contribution in [3.63, 3.8) is 0 Å². The highest BCUT2D eigenvalue weighted by Gasteiger charge is 2.07. The molecule has 0 atom stereocenters. The molecule has 1 amide bonds. The van der Waals surface area contributed by atoms with Gasteiger partial charge in [-0.15, -0.1) is 11.3 Å². The molecule has 1 heterocycles. The number of rotatable bonds is 4. The standard InChI is InChI=1S/C12H13N3O2S/c1-17-11-3-2-8(4-9(11)13)5-14-12(16)10-6-18-7-15-10/h2-4,6-7H,5,13H2,1H3,(H,14,16). The minimum atomic E-state index is -0.189. The molecule has 6 heteroatoms. The molecule has 0 fully saturated rings. The molecule has 3 N–H and O–H groups in total. The van der Waals surface area contributed by atoms with Crippen LogP contribution < -0.4 is 15.8 Å². The zero-order valence-electron chi connectivity index (χ0n) is 9.84. The number of nitrogen functional groups attached to an aromatic ring is 1. The van der Waals surface area contributed by atoms with Gasteiger partial charge in [-0.25, -0.2) is 4.98 Å². The summed E-state index contributed by atoms with van der Waals surface area (Å²) in [5.74, 6) is 0.440. The van der Waals surface area contributed by atoms with E-state index in [0.717, 1.165) is 5.56 Å². The van der Waals surface area contributed by atoms with Crippen molar-refractivity contribution in [2.45, 2.75) is 6.54 Å². The van der Waals surface area contributed by atoms with Gasteiger partial charge in [0.25, 0.3) is 5.91 Å². The van der Waals surface area contributed by atoms with Crippen LogP contribution in [0.4, 0.5) is 5.69 Å². The van der Waals surface area contributed by atoms with E-state index >= 15 is 0 Å². The zero-order chi connectivity index (χ0) is 13.0. The van der Waals surface area contributed by atoms with Crippen LogP contribution in [0.25, 0.3) is 0 Å². The van der Waals surface area contributed by atoms with Crippen molar-refractivity contribution in [2.75, 3.05) is 12.8 Å². The van der Waals surface area contributed by atoms with Crippen LogP contribution in [-0.2, 0) is 6.54 Å². The van der Waals surface area contributed by atoms with Gasteiger partial charge in [-0.1, -0.05) is 6.07 Å². The summed E-state index contributed by atoms with van der Waals surface area (Å²) in [5.41, 5.74) is 9.31. The van der Waals surface area contributed by atoms with Gasteiger partial charge in [0.2, 0.25) is 0 Å². The molecule has 1 aromatic heterocycles. The maximum Gasteiger partial charge on any atom is 0.271 e. The Balaban J connectivity index is 1.98. The first-order chi connectivity index (χ1) is 8.70. The summed E-state index contributed by atoms with van der Waals surface area (Å²) in [6.45, 7) is 0.407. The maximum atomic E-state index is 11.7. The van der Waals surface area contributed by atoms with Crippen LogP contribution in [0.5, 0.6) is 5.75 Å². The average molecular weight is 263 g/mol. The summed E-state index contributed by atoms with van der Waals surface area (Å²) in [6.07, 6.45) is 0. The number of nitrogens with two attached hydrogens (primary N) is 1. The molecule has 0 unspecified atom stereocenters. The third kappa shape index (κ3) is 2.78. The number of carbonyl (C=O) groups is 1. The molecule has 94 valence electrons. The van der Waals surface area contributed by atoms with E-state index in [4.69, 9.17) is 10.5 Å².